The van der Waals surface area contributed by atoms with Crippen molar-refractivity contribution in [3.63, 3.8) is 0 Å². The van der Waals surface area contributed by atoms with Crippen molar-refractivity contribution in [2.75, 3.05) is 13.7 Å². The van der Waals surface area contributed by atoms with Gasteiger partial charge in [0.2, 0.25) is 0 Å². The van der Waals surface area contributed by atoms with E-state index >= 15 is 0 Å². The molecule has 100 valence electrons. The Morgan fingerprint density at radius 3 is 2.53 bits per heavy atom. The van der Waals surface area contributed by atoms with Crippen molar-refractivity contribution < 1.29 is 9.47 Å². The fourth-order valence-electron chi connectivity index (χ4n) is 3.46. The molecule has 2 aliphatic rings. The summed E-state index contributed by atoms with van der Waals surface area (Å²) < 4.78 is 11.5. The Kier molecular flexibility index (Phi) is 4.11. The number of rotatable bonds is 4. The third kappa shape index (κ3) is 2.67. The van der Waals surface area contributed by atoms with Gasteiger partial charge in [0.05, 0.1) is 11.7 Å². The topological polar surface area (TPSA) is 44.5 Å². The second-order valence-corrected chi connectivity index (χ2v) is 6.16. The predicted molar refractivity (Wildman–Crippen MR) is 68.9 cm³/mol. The van der Waals surface area contributed by atoms with Crippen LogP contribution in [0.1, 0.15) is 46.0 Å². The Bertz CT molecular complexity index is 251. The zero-order chi connectivity index (χ0) is 12.5. The highest BCUT2D eigenvalue weighted by atomic mass is 16.5. The van der Waals surface area contributed by atoms with Gasteiger partial charge in [0.25, 0.3) is 0 Å². The van der Waals surface area contributed by atoms with E-state index in [-0.39, 0.29) is 17.7 Å². The molecular weight excluding hydrogens is 214 g/mol. The molecule has 3 atom stereocenters. The molecule has 17 heavy (non-hydrogen) atoms. The summed E-state index contributed by atoms with van der Waals surface area (Å²) in [6, 6.07) is 0.154. The lowest BCUT2D eigenvalue weighted by Crippen LogP contribution is -2.53. The molecule has 0 aromatic heterocycles. The molecule has 0 aromatic carbocycles. The summed E-state index contributed by atoms with van der Waals surface area (Å²) in [6.45, 7) is 5.26. The molecule has 2 N–H and O–H groups in total. The molecule has 1 aliphatic heterocycles. The van der Waals surface area contributed by atoms with Crippen LogP contribution in [0, 0.1) is 11.8 Å². The van der Waals surface area contributed by atoms with Gasteiger partial charge in [-0.1, -0.05) is 13.8 Å². The average molecular weight is 241 g/mol. The molecule has 0 aromatic rings. The first kappa shape index (κ1) is 13.3. The van der Waals surface area contributed by atoms with E-state index in [0.29, 0.717) is 11.8 Å². The minimum absolute atomic E-state index is 0.154. The van der Waals surface area contributed by atoms with E-state index in [1.807, 2.05) is 0 Å². The van der Waals surface area contributed by atoms with E-state index in [9.17, 15) is 0 Å². The van der Waals surface area contributed by atoms with Crippen molar-refractivity contribution in [2.24, 2.45) is 17.6 Å². The highest BCUT2D eigenvalue weighted by molar-refractivity contribution is 4.97. The van der Waals surface area contributed by atoms with Crippen molar-refractivity contribution in [3.8, 4) is 0 Å². The van der Waals surface area contributed by atoms with Gasteiger partial charge in [0.15, 0.2) is 0 Å². The van der Waals surface area contributed by atoms with Crippen molar-refractivity contribution in [1.29, 1.82) is 0 Å². The monoisotopic (exact) mass is 241 g/mol. The maximum Gasteiger partial charge on any atom is 0.0747 e. The minimum Gasteiger partial charge on any atom is -0.380 e. The summed E-state index contributed by atoms with van der Waals surface area (Å²) in [5.74, 6) is 1.05. The number of nitrogens with two attached hydrogens (primary N) is 1. The maximum absolute atomic E-state index is 6.42. The Morgan fingerprint density at radius 2 is 2.06 bits per heavy atom. The van der Waals surface area contributed by atoms with Crippen LogP contribution in [-0.4, -0.2) is 31.5 Å². The maximum atomic E-state index is 6.42. The molecule has 2 fully saturated rings. The number of methoxy groups -OCH3 is 1. The highest BCUT2D eigenvalue weighted by Gasteiger charge is 2.45. The quantitative estimate of drug-likeness (QED) is 0.821. The lowest BCUT2D eigenvalue weighted by Gasteiger charge is -2.49. The van der Waals surface area contributed by atoms with Gasteiger partial charge in [-0.05, 0) is 43.9 Å². The van der Waals surface area contributed by atoms with E-state index in [4.69, 9.17) is 15.2 Å². The summed E-state index contributed by atoms with van der Waals surface area (Å²) in [7, 11) is 1.78. The van der Waals surface area contributed by atoms with Gasteiger partial charge in [0, 0.05) is 19.8 Å². The number of hydrogen-bond donors (Lipinski definition) is 1. The summed E-state index contributed by atoms with van der Waals surface area (Å²) >= 11 is 0. The van der Waals surface area contributed by atoms with Crippen LogP contribution in [-0.2, 0) is 9.47 Å². The van der Waals surface area contributed by atoms with Crippen LogP contribution in [0.4, 0.5) is 0 Å². The molecule has 1 heterocycles. The molecule has 3 nitrogen and oxygen atoms in total. The molecule has 1 aliphatic carbocycles. The van der Waals surface area contributed by atoms with Gasteiger partial charge in [-0.25, -0.2) is 0 Å². The standard InChI is InChI=1S/C14H27NO2/c1-10(2)13(16-3)12(15)11-5-8-17-14(9-11)6-4-7-14/h10-13H,4-9,15H2,1-3H3. The molecule has 0 bridgehead atoms. The lowest BCUT2D eigenvalue weighted by atomic mass is 9.69. The molecule has 0 radical (unpaired) electrons. The second kappa shape index (κ2) is 5.25. The molecule has 3 heteroatoms. The van der Waals surface area contributed by atoms with Crippen LogP contribution in [0.15, 0.2) is 0 Å². The summed E-state index contributed by atoms with van der Waals surface area (Å²) in [4.78, 5) is 0. The van der Waals surface area contributed by atoms with Crippen molar-refractivity contribution in [2.45, 2.75) is 63.7 Å². The van der Waals surface area contributed by atoms with Crippen LogP contribution in [0.2, 0.25) is 0 Å². The summed E-state index contributed by atoms with van der Waals surface area (Å²) in [5.41, 5.74) is 6.61. The van der Waals surface area contributed by atoms with Gasteiger partial charge < -0.3 is 15.2 Å². The fraction of sp³-hybridized carbons (Fsp3) is 1.00. The normalized spacial score (nSPS) is 31.2. The molecule has 1 saturated carbocycles. The van der Waals surface area contributed by atoms with Crippen LogP contribution < -0.4 is 5.73 Å². The third-order valence-electron chi connectivity index (χ3n) is 4.65. The minimum atomic E-state index is 0.154. The average Bonchev–Trinajstić information content (AvgIpc) is 2.27. The first-order valence-electron chi connectivity index (χ1n) is 7.00. The largest absolute Gasteiger partial charge is 0.380 e. The molecular formula is C14H27NO2. The molecule has 1 spiro atoms. The smallest absolute Gasteiger partial charge is 0.0747 e. The Balaban J connectivity index is 1.96. The van der Waals surface area contributed by atoms with Crippen LogP contribution in [0.25, 0.3) is 0 Å². The highest BCUT2D eigenvalue weighted by Crippen LogP contribution is 2.45. The zero-order valence-electron chi connectivity index (χ0n) is 11.4. The van der Waals surface area contributed by atoms with Crippen LogP contribution in [0.5, 0.6) is 0 Å². The fourth-order valence-corrected chi connectivity index (χ4v) is 3.46. The van der Waals surface area contributed by atoms with E-state index < -0.39 is 0 Å². The van der Waals surface area contributed by atoms with Gasteiger partial charge in [-0.15, -0.1) is 0 Å². The molecule has 0 amide bonds. The van der Waals surface area contributed by atoms with Crippen LogP contribution in [0.3, 0.4) is 0 Å². The first-order chi connectivity index (χ1) is 8.08. The molecule has 1 saturated heterocycles. The van der Waals surface area contributed by atoms with Crippen LogP contribution >= 0.6 is 0 Å². The Hall–Kier alpha value is -0.120. The summed E-state index contributed by atoms with van der Waals surface area (Å²) in [5, 5.41) is 0. The number of ether oxygens (including phenoxy) is 2. The summed E-state index contributed by atoms with van der Waals surface area (Å²) in [6.07, 6.45) is 6.19. The van der Waals surface area contributed by atoms with Crippen molar-refractivity contribution >= 4 is 0 Å². The third-order valence-corrected chi connectivity index (χ3v) is 4.65. The molecule has 2 rings (SSSR count). The number of hydrogen-bond acceptors (Lipinski definition) is 3. The van der Waals surface area contributed by atoms with Gasteiger partial charge in [0.1, 0.15) is 0 Å². The first-order valence-corrected chi connectivity index (χ1v) is 7.00. The van der Waals surface area contributed by atoms with E-state index in [1.165, 1.54) is 19.3 Å². The van der Waals surface area contributed by atoms with Gasteiger partial charge >= 0.3 is 0 Å². The van der Waals surface area contributed by atoms with E-state index in [2.05, 4.69) is 13.8 Å². The zero-order valence-corrected chi connectivity index (χ0v) is 11.4. The molecule has 3 unspecified atom stereocenters. The Labute approximate surface area is 105 Å². The van der Waals surface area contributed by atoms with Crippen molar-refractivity contribution in [3.05, 3.63) is 0 Å². The van der Waals surface area contributed by atoms with Crippen molar-refractivity contribution in [1.82, 2.24) is 0 Å². The second-order valence-electron chi connectivity index (χ2n) is 6.16. The van der Waals surface area contributed by atoms with E-state index in [1.54, 1.807) is 7.11 Å². The lowest BCUT2D eigenvalue weighted by molar-refractivity contribution is -0.151. The Morgan fingerprint density at radius 1 is 1.35 bits per heavy atom. The van der Waals surface area contributed by atoms with Gasteiger partial charge in [-0.3, -0.25) is 0 Å². The van der Waals surface area contributed by atoms with Gasteiger partial charge in [-0.2, -0.15) is 0 Å². The predicted octanol–water partition coefficient (Wildman–Crippen LogP) is 2.33. The SMILES string of the molecule is COC(C(C)C)C(N)C1CCOC2(CCC2)C1. The van der Waals surface area contributed by atoms with E-state index in [0.717, 1.165) is 19.4 Å².